The molecule has 0 saturated heterocycles. The van der Waals surface area contributed by atoms with E-state index in [0.717, 1.165) is 25.9 Å². The Kier molecular flexibility index (Phi) is 4.00. The topological polar surface area (TPSA) is 37.8 Å². The summed E-state index contributed by atoms with van der Waals surface area (Å²) in [5, 5.41) is 3.49. The molecule has 2 aromatic rings. The molecule has 1 aliphatic carbocycles. The molecule has 0 radical (unpaired) electrons. The first-order valence-electron chi connectivity index (χ1n) is 9.85. The summed E-state index contributed by atoms with van der Waals surface area (Å²) in [6.45, 7) is 15.7. The molecule has 0 aromatic carbocycles. The standard InChI is InChI=1S/C23H31N3/c1-22(2,3)17-7-8-25-20-10-14(9-15(17)20)19-11-18(23(4,5)6)16-12-24-13-21(16)26-19/h7-8,11,14,24H,9-10,12-13H2,1-6H3. The Morgan fingerprint density at radius 2 is 1.62 bits per heavy atom. The Hall–Kier alpha value is -1.74. The first-order valence-corrected chi connectivity index (χ1v) is 9.85. The molecular weight excluding hydrogens is 318 g/mol. The first kappa shape index (κ1) is 17.7. The number of aromatic nitrogens is 2. The van der Waals surface area contributed by atoms with Crippen LogP contribution in [-0.2, 0) is 36.8 Å². The third-order valence-electron chi connectivity index (χ3n) is 5.89. The SMILES string of the molecule is CC(C)(C)c1ccnc2c1CC(c1cc(C(C)(C)C)c3c(n1)CNC3)C2. The van der Waals surface area contributed by atoms with Crippen LogP contribution >= 0.6 is 0 Å². The fourth-order valence-corrected chi connectivity index (χ4v) is 4.58. The van der Waals surface area contributed by atoms with Crippen LogP contribution in [-0.4, -0.2) is 9.97 Å². The smallest absolute Gasteiger partial charge is 0.0593 e. The van der Waals surface area contributed by atoms with Gasteiger partial charge in [-0.25, -0.2) is 0 Å². The average Bonchev–Trinajstić information content (AvgIpc) is 3.17. The first-order chi connectivity index (χ1) is 12.1. The highest BCUT2D eigenvalue weighted by Gasteiger charge is 2.32. The van der Waals surface area contributed by atoms with E-state index in [0.29, 0.717) is 5.92 Å². The van der Waals surface area contributed by atoms with Crippen molar-refractivity contribution in [2.75, 3.05) is 0 Å². The van der Waals surface area contributed by atoms with Crippen LogP contribution in [0.1, 0.15) is 86.8 Å². The van der Waals surface area contributed by atoms with Crippen LogP contribution in [0.2, 0.25) is 0 Å². The summed E-state index contributed by atoms with van der Waals surface area (Å²) in [6, 6.07) is 4.60. The van der Waals surface area contributed by atoms with Gasteiger partial charge in [0.15, 0.2) is 0 Å². The zero-order valence-electron chi connectivity index (χ0n) is 17.0. The van der Waals surface area contributed by atoms with Gasteiger partial charge in [0.25, 0.3) is 0 Å². The zero-order chi connectivity index (χ0) is 18.7. The number of rotatable bonds is 1. The van der Waals surface area contributed by atoms with Gasteiger partial charge in [-0.1, -0.05) is 41.5 Å². The molecule has 1 atom stereocenters. The Labute approximate surface area is 157 Å². The summed E-state index contributed by atoms with van der Waals surface area (Å²) >= 11 is 0. The van der Waals surface area contributed by atoms with Crippen molar-refractivity contribution in [1.29, 1.82) is 0 Å². The van der Waals surface area contributed by atoms with Crippen molar-refractivity contribution >= 4 is 0 Å². The minimum Gasteiger partial charge on any atom is -0.307 e. The van der Waals surface area contributed by atoms with Crippen LogP contribution in [0.5, 0.6) is 0 Å². The molecule has 0 saturated carbocycles. The van der Waals surface area contributed by atoms with Gasteiger partial charge in [0.05, 0.1) is 5.69 Å². The van der Waals surface area contributed by atoms with Gasteiger partial charge in [-0.05, 0) is 58.1 Å². The van der Waals surface area contributed by atoms with Crippen molar-refractivity contribution in [1.82, 2.24) is 15.3 Å². The monoisotopic (exact) mass is 349 g/mol. The van der Waals surface area contributed by atoms with Gasteiger partial charge in [0.2, 0.25) is 0 Å². The van der Waals surface area contributed by atoms with Crippen LogP contribution in [0.15, 0.2) is 18.3 Å². The van der Waals surface area contributed by atoms with Crippen molar-refractivity contribution in [2.45, 2.75) is 84.2 Å². The summed E-state index contributed by atoms with van der Waals surface area (Å²) in [7, 11) is 0. The van der Waals surface area contributed by atoms with Crippen LogP contribution in [0.4, 0.5) is 0 Å². The highest BCUT2D eigenvalue weighted by molar-refractivity contribution is 5.44. The number of fused-ring (bicyclic) bond motifs is 2. The minimum absolute atomic E-state index is 0.147. The fraction of sp³-hybridized carbons (Fsp3) is 0.565. The quantitative estimate of drug-likeness (QED) is 0.820. The van der Waals surface area contributed by atoms with E-state index in [1.54, 1.807) is 0 Å². The van der Waals surface area contributed by atoms with Crippen molar-refractivity contribution in [2.24, 2.45) is 0 Å². The Balaban J connectivity index is 1.75. The molecular formula is C23H31N3. The predicted octanol–water partition coefficient (Wildman–Crippen LogP) is 4.56. The number of nitrogens with zero attached hydrogens (tertiary/aromatic N) is 2. The number of nitrogens with one attached hydrogen (secondary N) is 1. The second-order valence-corrected chi connectivity index (χ2v) is 10.0. The molecule has 0 spiro atoms. The third-order valence-corrected chi connectivity index (χ3v) is 5.89. The largest absolute Gasteiger partial charge is 0.307 e. The lowest BCUT2D eigenvalue weighted by Gasteiger charge is -2.24. The lowest BCUT2D eigenvalue weighted by Crippen LogP contribution is -2.17. The van der Waals surface area contributed by atoms with Gasteiger partial charge < -0.3 is 5.32 Å². The van der Waals surface area contributed by atoms with Crippen LogP contribution in [0.3, 0.4) is 0 Å². The maximum Gasteiger partial charge on any atom is 0.0593 e. The van der Waals surface area contributed by atoms with Crippen LogP contribution in [0, 0.1) is 0 Å². The van der Waals surface area contributed by atoms with E-state index in [9.17, 15) is 0 Å². The summed E-state index contributed by atoms with van der Waals surface area (Å²) in [6.07, 6.45) is 4.07. The average molecular weight is 350 g/mol. The molecule has 3 heterocycles. The van der Waals surface area contributed by atoms with Gasteiger partial charge >= 0.3 is 0 Å². The van der Waals surface area contributed by atoms with E-state index in [-0.39, 0.29) is 10.8 Å². The summed E-state index contributed by atoms with van der Waals surface area (Å²) in [5.41, 5.74) is 9.89. The Morgan fingerprint density at radius 3 is 2.31 bits per heavy atom. The molecule has 1 aliphatic heterocycles. The molecule has 1 N–H and O–H groups in total. The van der Waals surface area contributed by atoms with E-state index in [2.05, 4.69) is 59.0 Å². The second-order valence-electron chi connectivity index (χ2n) is 10.0. The second kappa shape index (κ2) is 5.88. The normalized spacial score (nSPS) is 19.5. The van der Waals surface area contributed by atoms with Crippen LogP contribution < -0.4 is 5.32 Å². The Morgan fingerprint density at radius 1 is 0.885 bits per heavy atom. The highest BCUT2D eigenvalue weighted by atomic mass is 14.9. The van der Waals surface area contributed by atoms with Gasteiger partial charge in [-0.2, -0.15) is 0 Å². The Bertz CT molecular complexity index is 853. The number of hydrogen-bond donors (Lipinski definition) is 1. The van der Waals surface area contributed by atoms with E-state index in [4.69, 9.17) is 9.97 Å². The fourth-order valence-electron chi connectivity index (χ4n) is 4.58. The van der Waals surface area contributed by atoms with Crippen molar-refractivity contribution in [3.05, 3.63) is 57.7 Å². The summed E-state index contributed by atoms with van der Waals surface area (Å²) < 4.78 is 0. The van der Waals surface area contributed by atoms with E-state index >= 15 is 0 Å². The molecule has 26 heavy (non-hydrogen) atoms. The molecule has 2 aromatic heterocycles. The summed E-state index contributed by atoms with van der Waals surface area (Å²) in [4.78, 5) is 9.81. The van der Waals surface area contributed by atoms with Crippen molar-refractivity contribution in [3.8, 4) is 0 Å². The predicted molar refractivity (Wildman–Crippen MR) is 107 cm³/mol. The molecule has 0 amide bonds. The minimum atomic E-state index is 0.147. The maximum absolute atomic E-state index is 5.09. The third kappa shape index (κ3) is 2.96. The molecule has 0 bridgehead atoms. The number of pyridine rings is 2. The van der Waals surface area contributed by atoms with E-state index in [1.165, 1.54) is 39.3 Å². The van der Waals surface area contributed by atoms with E-state index in [1.807, 2.05) is 6.20 Å². The van der Waals surface area contributed by atoms with Gasteiger partial charge in [0, 0.05) is 36.6 Å². The molecule has 1 unspecified atom stereocenters. The maximum atomic E-state index is 5.09. The van der Waals surface area contributed by atoms with E-state index < -0.39 is 0 Å². The summed E-state index contributed by atoms with van der Waals surface area (Å²) in [5.74, 6) is 0.452. The molecule has 4 rings (SSSR count). The zero-order valence-corrected chi connectivity index (χ0v) is 17.0. The lowest BCUT2D eigenvalue weighted by atomic mass is 9.82. The lowest BCUT2D eigenvalue weighted by molar-refractivity contribution is 0.574. The van der Waals surface area contributed by atoms with Gasteiger partial charge in [-0.3, -0.25) is 9.97 Å². The van der Waals surface area contributed by atoms with Crippen LogP contribution in [0.25, 0.3) is 0 Å². The molecule has 3 heteroatoms. The highest BCUT2D eigenvalue weighted by Crippen LogP contribution is 2.40. The molecule has 2 aliphatic rings. The van der Waals surface area contributed by atoms with Crippen molar-refractivity contribution in [3.63, 3.8) is 0 Å². The van der Waals surface area contributed by atoms with Crippen molar-refractivity contribution < 1.29 is 0 Å². The van der Waals surface area contributed by atoms with Gasteiger partial charge in [0.1, 0.15) is 0 Å². The molecule has 0 fully saturated rings. The molecule has 138 valence electrons. The molecule has 3 nitrogen and oxygen atoms in total. The number of hydrogen-bond acceptors (Lipinski definition) is 3. The van der Waals surface area contributed by atoms with Gasteiger partial charge in [-0.15, -0.1) is 0 Å².